The summed E-state index contributed by atoms with van der Waals surface area (Å²) in [6, 6.07) is 11.9. The molecular formula is C28H38N6O2. The van der Waals surface area contributed by atoms with Gasteiger partial charge in [0.2, 0.25) is 5.91 Å². The zero-order chi connectivity index (χ0) is 25.5. The molecule has 0 unspecified atom stereocenters. The Balaban J connectivity index is 1.43. The molecule has 3 aromatic rings. The van der Waals surface area contributed by atoms with E-state index in [1.807, 2.05) is 36.1 Å². The topological polar surface area (TPSA) is 83.4 Å². The Morgan fingerprint density at radius 1 is 1.11 bits per heavy atom. The van der Waals surface area contributed by atoms with Gasteiger partial charge in [-0.15, -0.1) is 0 Å². The van der Waals surface area contributed by atoms with Gasteiger partial charge in [0.05, 0.1) is 6.54 Å². The zero-order valence-electron chi connectivity index (χ0n) is 21.7. The fraction of sp³-hybridized carbons (Fsp3) is 0.500. The van der Waals surface area contributed by atoms with Crippen LogP contribution >= 0.6 is 0 Å². The number of carbonyl (C=O) groups is 1. The summed E-state index contributed by atoms with van der Waals surface area (Å²) in [6.45, 7) is 11.9. The molecule has 1 aromatic carbocycles. The maximum absolute atomic E-state index is 13.6. The maximum atomic E-state index is 13.6. The maximum Gasteiger partial charge on any atom is 0.295 e. The summed E-state index contributed by atoms with van der Waals surface area (Å²) in [4.78, 5) is 39.9. The highest BCUT2D eigenvalue weighted by Crippen LogP contribution is 2.22. The first kappa shape index (κ1) is 25.8. The molecule has 0 atom stereocenters. The summed E-state index contributed by atoms with van der Waals surface area (Å²) in [7, 11) is 0. The summed E-state index contributed by atoms with van der Waals surface area (Å²) in [5.74, 6) is 0.550. The Labute approximate surface area is 213 Å². The van der Waals surface area contributed by atoms with Crippen molar-refractivity contribution in [3.05, 3.63) is 64.1 Å². The van der Waals surface area contributed by atoms with Crippen LogP contribution in [0.25, 0.3) is 11.2 Å². The van der Waals surface area contributed by atoms with Crippen LogP contribution in [0.2, 0.25) is 0 Å². The Hall–Kier alpha value is -3.26. The van der Waals surface area contributed by atoms with Crippen LogP contribution in [0.4, 0.5) is 5.82 Å². The summed E-state index contributed by atoms with van der Waals surface area (Å²) in [6.07, 6.45) is 4.08. The van der Waals surface area contributed by atoms with Crippen LogP contribution in [0.15, 0.2) is 47.4 Å². The van der Waals surface area contributed by atoms with Crippen molar-refractivity contribution in [2.45, 2.75) is 46.6 Å². The molecule has 8 nitrogen and oxygen atoms in total. The standard InChI is InChI=1S/C28H38N6O2/c1-4-32(5-2)17-7-16-30-27(35)23-13-18-33(19-14-23)26-28(36)34(20-22-11-9-21(3)10-12-22)25-24(31-26)8-6-15-29-25/h6,8-12,15,23H,4-5,7,13-14,16-20H2,1-3H3,(H,30,35). The molecule has 2 aromatic heterocycles. The van der Waals surface area contributed by atoms with Gasteiger partial charge in [-0.05, 0) is 63.5 Å². The van der Waals surface area contributed by atoms with E-state index in [9.17, 15) is 9.59 Å². The number of piperidine rings is 1. The van der Waals surface area contributed by atoms with E-state index in [0.29, 0.717) is 56.0 Å². The van der Waals surface area contributed by atoms with Crippen LogP contribution in [0.1, 0.15) is 44.2 Å². The number of pyridine rings is 1. The Bertz CT molecular complexity index is 1210. The fourth-order valence-electron chi connectivity index (χ4n) is 4.84. The number of aromatic nitrogens is 3. The van der Waals surface area contributed by atoms with E-state index in [1.165, 1.54) is 5.56 Å². The normalized spacial score (nSPS) is 14.5. The lowest BCUT2D eigenvalue weighted by atomic mass is 9.96. The smallest absolute Gasteiger partial charge is 0.295 e. The van der Waals surface area contributed by atoms with Crippen molar-refractivity contribution in [2.75, 3.05) is 44.2 Å². The van der Waals surface area contributed by atoms with Crippen LogP contribution in [-0.4, -0.2) is 64.6 Å². The van der Waals surface area contributed by atoms with Crippen molar-refractivity contribution in [1.29, 1.82) is 0 Å². The molecule has 0 spiro atoms. The zero-order valence-corrected chi connectivity index (χ0v) is 21.7. The minimum absolute atomic E-state index is 0.0217. The van der Waals surface area contributed by atoms with Gasteiger partial charge in [-0.1, -0.05) is 43.7 Å². The number of fused-ring (bicyclic) bond motifs is 1. The molecule has 1 amide bonds. The lowest BCUT2D eigenvalue weighted by Crippen LogP contribution is -2.43. The Morgan fingerprint density at radius 2 is 1.83 bits per heavy atom. The minimum atomic E-state index is -0.138. The Morgan fingerprint density at radius 3 is 2.53 bits per heavy atom. The monoisotopic (exact) mass is 490 g/mol. The van der Waals surface area contributed by atoms with Gasteiger partial charge in [-0.25, -0.2) is 9.97 Å². The predicted molar refractivity (Wildman–Crippen MR) is 144 cm³/mol. The molecule has 3 heterocycles. The van der Waals surface area contributed by atoms with Crippen molar-refractivity contribution in [3.63, 3.8) is 0 Å². The Kier molecular flexibility index (Phi) is 8.70. The molecule has 0 radical (unpaired) electrons. The predicted octanol–water partition coefficient (Wildman–Crippen LogP) is 3.21. The number of anilines is 1. The molecule has 1 aliphatic rings. The molecule has 1 N–H and O–H groups in total. The van der Waals surface area contributed by atoms with Crippen LogP contribution in [0.3, 0.4) is 0 Å². The number of hydrogen-bond donors (Lipinski definition) is 1. The second kappa shape index (κ2) is 12.1. The van der Waals surface area contributed by atoms with E-state index in [2.05, 4.69) is 41.2 Å². The van der Waals surface area contributed by atoms with Gasteiger partial charge in [-0.2, -0.15) is 0 Å². The lowest BCUT2D eigenvalue weighted by Gasteiger charge is -2.32. The van der Waals surface area contributed by atoms with Crippen LogP contribution < -0.4 is 15.8 Å². The quantitative estimate of drug-likeness (QED) is 0.440. The first-order valence-electron chi connectivity index (χ1n) is 13.2. The molecular weight excluding hydrogens is 452 g/mol. The van der Waals surface area contributed by atoms with E-state index in [-0.39, 0.29) is 17.4 Å². The van der Waals surface area contributed by atoms with Gasteiger partial charge in [0.15, 0.2) is 11.5 Å². The number of amides is 1. The second-order valence-electron chi connectivity index (χ2n) is 9.59. The van der Waals surface area contributed by atoms with Gasteiger partial charge in [0.25, 0.3) is 5.56 Å². The summed E-state index contributed by atoms with van der Waals surface area (Å²) in [5.41, 5.74) is 3.38. The van der Waals surface area contributed by atoms with E-state index < -0.39 is 0 Å². The molecule has 1 aliphatic heterocycles. The largest absolute Gasteiger partial charge is 0.356 e. The van der Waals surface area contributed by atoms with Crippen molar-refractivity contribution in [3.8, 4) is 0 Å². The SMILES string of the molecule is CCN(CC)CCCNC(=O)C1CCN(c2nc3cccnc3n(Cc3ccc(C)cc3)c2=O)CC1. The highest BCUT2D eigenvalue weighted by molar-refractivity contribution is 5.79. The summed E-state index contributed by atoms with van der Waals surface area (Å²) < 4.78 is 1.72. The molecule has 0 saturated carbocycles. The summed E-state index contributed by atoms with van der Waals surface area (Å²) in [5, 5.41) is 3.11. The molecule has 4 rings (SSSR count). The number of nitrogens with one attached hydrogen (secondary N) is 1. The van der Waals surface area contributed by atoms with Crippen molar-refractivity contribution in [1.82, 2.24) is 24.8 Å². The van der Waals surface area contributed by atoms with Crippen molar-refractivity contribution in [2.24, 2.45) is 5.92 Å². The first-order valence-corrected chi connectivity index (χ1v) is 13.2. The van der Waals surface area contributed by atoms with Gasteiger partial charge in [0.1, 0.15) is 5.52 Å². The molecule has 8 heteroatoms. The number of hydrogen-bond acceptors (Lipinski definition) is 6. The molecule has 0 aliphatic carbocycles. The van der Waals surface area contributed by atoms with Gasteiger partial charge >= 0.3 is 0 Å². The van der Waals surface area contributed by atoms with E-state index >= 15 is 0 Å². The lowest BCUT2D eigenvalue weighted by molar-refractivity contribution is -0.125. The van der Waals surface area contributed by atoms with Gasteiger partial charge < -0.3 is 15.1 Å². The number of aryl methyl sites for hydroxylation is 1. The second-order valence-corrected chi connectivity index (χ2v) is 9.59. The van der Waals surface area contributed by atoms with Gasteiger partial charge in [-0.3, -0.25) is 14.2 Å². The van der Waals surface area contributed by atoms with Gasteiger partial charge in [0, 0.05) is 31.7 Å². The van der Waals surface area contributed by atoms with E-state index in [1.54, 1.807) is 10.8 Å². The molecule has 36 heavy (non-hydrogen) atoms. The third-order valence-electron chi connectivity index (χ3n) is 7.16. The highest BCUT2D eigenvalue weighted by Gasteiger charge is 2.27. The van der Waals surface area contributed by atoms with Crippen molar-refractivity contribution < 1.29 is 4.79 Å². The number of nitrogens with zero attached hydrogens (tertiary/aromatic N) is 5. The molecule has 1 saturated heterocycles. The molecule has 1 fully saturated rings. The van der Waals surface area contributed by atoms with Crippen LogP contribution in [0, 0.1) is 12.8 Å². The highest BCUT2D eigenvalue weighted by atomic mass is 16.2. The number of benzene rings is 1. The van der Waals surface area contributed by atoms with E-state index in [4.69, 9.17) is 4.98 Å². The fourth-order valence-corrected chi connectivity index (χ4v) is 4.84. The van der Waals surface area contributed by atoms with Crippen LogP contribution in [-0.2, 0) is 11.3 Å². The average Bonchev–Trinajstić information content (AvgIpc) is 2.91. The van der Waals surface area contributed by atoms with Crippen molar-refractivity contribution >= 4 is 22.9 Å². The number of carbonyl (C=O) groups excluding carboxylic acids is 1. The number of rotatable bonds is 10. The average molecular weight is 491 g/mol. The van der Waals surface area contributed by atoms with E-state index in [0.717, 1.165) is 31.6 Å². The third-order valence-corrected chi connectivity index (χ3v) is 7.16. The molecule has 192 valence electrons. The minimum Gasteiger partial charge on any atom is -0.356 e. The third kappa shape index (κ3) is 6.10. The van der Waals surface area contributed by atoms with Crippen LogP contribution in [0.5, 0.6) is 0 Å². The molecule has 0 bridgehead atoms. The summed E-state index contributed by atoms with van der Waals surface area (Å²) >= 11 is 0. The first-order chi connectivity index (χ1) is 17.5.